The molecule has 0 radical (unpaired) electrons. The highest BCUT2D eigenvalue weighted by Crippen LogP contribution is 2.44. The summed E-state index contributed by atoms with van der Waals surface area (Å²) in [6, 6.07) is 17.0. The first kappa shape index (κ1) is 18.4. The molecular weight excluding hydrogens is 452 g/mol. The predicted molar refractivity (Wildman–Crippen MR) is 116 cm³/mol. The van der Waals surface area contributed by atoms with Crippen LogP contribution in [0.5, 0.6) is 11.5 Å². The number of thiophene rings is 1. The number of methoxy groups -OCH3 is 1. The number of Topliss-reactive ketones (excluding diaryl/α,β-unsaturated/α-hetero) is 1. The zero-order chi connectivity index (χ0) is 20.0. The Balaban J connectivity index is 1.55. The summed E-state index contributed by atoms with van der Waals surface area (Å²) in [5.74, 6) is 1.31. The molecule has 0 spiro atoms. The monoisotopic (exact) mass is 468 g/mol. The van der Waals surface area contributed by atoms with Crippen LogP contribution in [0.15, 0.2) is 69.6 Å². The van der Waals surface area contributed by atoms with Crippen molar-refractivity contribution in [1.29, 1.82) is 0 Å². The Labute approximate surface area is 180 Å². The quantitative estimate of drug-likeness (QED) is 0.489. The molecule has 0 bridgehead atoms. The minimum atomic E-state index is -0.806. The van der Waals surface area contributed by atoms with Gasteiger partial charge in [-0.15, -0.1) is 11.3 Å². The van der Waals surface area contributed by atoms with Gasteiger partial charge in [0.15, 0.2) is 0 Å². The summed E-state index contributed by atoms with van der Waals surface area (Å²) in [6.07, 6.45) is -0.0702. The Kier molecular flexibility index (Phi) is 4.64. The number of rotatable bonds is 4. The molecule has 2 aliphatic heterocycles. The lowest BCUT2D eigenvalue weighted by atomic mass is 9.97. The molecule has 5 nitrogen and oxygen atoms in total. The van der Waals surface area contributed by atoms with Crippen molar-refractivity contribution >= 4 is 38.8 Å². The van der Waals surface area contributed by atoms with Crippen molar-refractivity contribution < 1.29 is 14.3 Å². The third-order valence-electron chi connectivity index (χ3n) is 5.16. The van der Waals surface area contributed by atoms with Crippen molar-refractivity contribution in [2.45, 2.75) is 18.7 Å². The van der Waals surface area contributed by atoms with Gasteiger partial charge in [-0.05, 0) is 53.9 Å². The highest BCUT2D eigenvalue weighted by atomic mass is 79.9. The Hall–Kier alpha value is -2.64. The average molecular weight is 469 g/mol. The standard InChI is InChI=1S/C22H17BrN2O3S/c1-27-15-7-4-13(5-8-15)21(26)22-25-18(12-17(24-25)20-3-2-10-29-20)16-11-14(23)6-9-19(16)28-22/h2-11,18,22H,12H2,1H3. The van der Waals surface area contributed by atoms with E-state index in [4.69, 9.17) is 14.6 Å². The number of hydrogen-bond donors (Lipinski definition) is 0. The maximum absolute atomic E-state index is 13.3. The van der Waals surface area contributed by atoms with Crippen LogP contribution >= 0.6 is 27.3 Å². The van der Waals surface area contributed by atoms with Crippen molar-refractivity contribution in [2.75, 3.05) is 7.11 Å². The van der Waals surface area contributed by atoms with Crippen LogP contribution in [-0.2, 0) is 0 Å². The third kappa shape index (κ3) is 3.24. The molecular formula is C22H17BrN2O3S. The Morgan fingerprint density at radius 3 is 2.79 bits per heavy atom. The number of carbonyl (C=O) groups excluding carboxylic acids is 1. The number of hydrogen-bond acceptors (Lipinski definition) is 6. The summed E-state index contributed by atoms with van der Waals surface area (Å²) in [5, 5.41) is 8.67. The zero-order valence-corrected chi connectivity index (χ0v) is 17.9. The molecule has 5 rings (SSSR count). The minimum absolute atomic E-state index is 0.0412. The lowest BCUT2D eigenvalue weighted by molar-refractivity contribution is -0.00459. The number of nitrogens with zero attached hydrogens (tertiary/aromatic N) is 2. The van der Waals surface area contributed by atoms with Gasteiger partial charge in [-0.3, -0.25) is 4.79 Å². The van der Waals surface area contributed by atoms with Crippen LogP contribution in [0, 0.1) is 0 Å². The molecule has 0 fully saturated rings. The summed E-state index contributed by atoms with van der Waals surface area (Å²) >= 11 is 5.20. The fourth-order valence-corrected chi connectivity index (χ4v) is 4.82. The summed E-state index contributed by atoms with van der Waals surface area (Å²) in [7, 11) is 1.60. The second kappa shape index (κ2) is 7.31. The second-order valence-electron chi connectivity index (χ2n) is 6.87. The topological polar surface area (TPSA) is 51.1 Å². The van der Waals surface area contributed by atoms with Gasteiger partial charge >= 0.3 is 0 Å². The van der Waals surface area contributed by atoms with Gasteiger partial charge in [0, 0.05) is 22.0 Å². The number of carbonyl (C=O) groups is 1. The van der Waals surface area contributed by atoms with Crippen molar-refractivity contribution in [3.05, 3.63) is 80.5 Å². The lowest BCUT2D eigenvalue weighted by Gasteiger charge is -2.37. The van der Waals surface area contributed by atoms with E-state index < -0.39 is 6.23 Å². The molecule has 3 aromatic rings. The molecule has 2 unspecified atom stereocenters. The molecule has 0 saturated carbocycles. The van der Waals surface area contributed by atoms with Gasteiger partial charge in [0.1, 0.15) is 11.5 Å². The number of ketones is 1. The van der Waals surface area contributed by atoms with E-state index in [1.165, 1.54) is 0 Å². The molecule has 2 aromatic carbocycles. The fraction of sp³-hybridized carbons (Fsp3) is 0.182. The summed E-state index contributed by atoms with van der Waals surface area (Å²) in [5.41, 5.74) is 2.58. The van der Waals surface area contributed by atoms with Gasteiger partial charge < -0.3 is 9.47 Å². The van der Waals surface area contributed by atoms with Crippen molar-refractivity contribution in [3.8, 4) is 11.5 Å². The first-order chi connectivity index (χ1) is 14.1. The largest absolute Gasteiger partial charge is 0.497 e. The average Bonchev–Trinajstić information content (AvgIpc) is 3.43. The summed E-state index contributed by atoms with van der Waals surface area (Å²) < 4.78 is 12.3. The van der Waals surface area contributed by atoms with E-state index in [9.17, 15) is 4.79 Å². The van der Waals surface area contributed by atoms with E-state index in [1.54, 1.807) is 42.7 Å². The molecule has 2 aliphatic rings. The highest BCUT2D eigenvalue weighted by molar-refractivity contribution is 9.10. The minimum Gasteiger partial charge on any atom is -0.497 e. The van der Waals surface area contributed by atoms with Crippen LogP contribution in [-0.4, -0.2) is 29.8 Å². The van der Waals surface area contributed by atoms with Gasteiger partial charge in [-0.1, -0.05) is 22.0 Å². The Morgan fingerprint density at radius 1 is 1.24 bits per heavy atom. The SMILES string of the molecule is COc1ccc(C(=O)C2Oc3ccc(Br)cc3C3CC(c4cccs4)=NN23)cc1. The van der Waals surface area contributed by atoms with E-state index in [-0.39, 0.29) is 11.8 Å². The number of benzene rings is 2. The van der Waals surface area contributed by atoms with Crippen LogP contribution in [0.25, 0.3) is 0 Å². The predicted octanol–water partition coefficient (Wildman–Crippen LogP) is 5.27. The second-order valence-corrected chi connectivity index (χ2v) is 8.73. The number of hydrazone groups is 1. The lowest BCUT2D eigenvalue weighted by Crippen LogP contribution is -2.45. The van der Waals surface area contributed by atoms with Gasteiger partial charge in [0.2, 0.25) is 5.78 Å². The van der Waals surface area contributed by atoms with Gasteiger partial charge in [0.05, 0.1) is 23.7 Å². The van der Waals surface area contributed by atoms with Crippen LogP contribution < -0.4 is 9.47 Å². The van der Waals surface area contributed by atoms with E-state index in [2.05, 4.69) is 22.0 Å². The maximum Gasteiger partial charge on any atom is 0.251 e. The highest BCUT2D eigenvalue weighted by Gasteiger charge is 2.43. The molecule has 0 N–H and O–H groups in total. The fourth-order valence-electron chi connectivity index (χ4n) is 3.72. The smallest absolute Gasteiger partial charge is 0.251 e. The van der Waals surface area contributed by atoms with Crippen LogP contribution in [0.4, 0.5) is 0 Å². The molecule has 0 saturated heterocycles. The summed E-state index contributed by atoms with van der Waals surface area (Å²) in [6.45, 7) is 0. The van der Waals surface area contributed by atoms with Gasteiger partial charge in [-0.25, -0.2) is 5.01 Å². The Morgan fingerprint density at radius 2 is 2.07 bits per heavy atom. The molecule has 1 aromatic heterocycles. The molecule has 2 atom stereocenters. The molecule has 0 aliphatic carbocycles. The van der Waals surface area contributed by atoms with Gasteiger partial charge in [0.25, 0.3) is 6.23 Å². The van der Waals surface area contributed by atoms with Crippen molar-refractivity contribution in [1.82, 2.24) is 5.01 Å². The van der Waals surface area contributed by atoms with Crippen LogP contribution in [0.3, 0.4) is 0 Å². The maximum atomic E-state index is 13.3. The van der Waals surface area contributed by atoms with E-state index in [0.29, 0.717) is 11.3 Å². The van der Waals surface area contributed by atoms with Crippen molar-refractivity contribution in [2.24, 2.45) is 5.10 Å². The van der Waals surface area contributed by atoms with E-state index >= 15 is 0 Å². The van der Waals surface area contributed by atoms with E-state index in [0.717, 1.165) is 32.8 Å². The van der Waals surface area contributed by atoms with Crippen LogP contribution in [0.1, 0.15) is 33.3 Å². The number of fused-ring (bicyclic) bond motifs is 3. The van der Waals surface area contributed by atoms with E-state index in [1.807, 2.05) is 34.7 Å². The van der Waals surface area contributed by atoms with Gasteiger partial charge in [-0.2, -0.15) is 5.10 Å². The van der Waals surface area contributed by atoms with Crippen molar-refractivity contribution in [3.63, 3.8) is 0 Å². The first-order valence-electron chi connectivity index (χ1n) is 9.18. The molecule has 3 heterocycles. The number of ether oxygens (including phenoxy) is 2. The molecule has 0 amide bonds. The summed E-state index contributed by atoms with van der Waals surface area (Å²) in [4.78, 5) is 14.4. The van der Waals surface area contributed by atoms with Crippen LogP contribution in [0.2, 0.25) is 0 Å². The first-order valence-corrected chi connectivity index (χ1v) is 10.9. The molecule has 29 heavy (non-hydrogen) atoms. The Bertz CT molecular complexity index is 1100. The third-order valence-corrected chi connectivity index (χ3v) is 6.57. The normalized spacial score (nSPS) is 19.8. The number of halogens is 1. The zero-order valence-electron chi connectivity index (χ0n) is 15.5. The molecule has 7 heteroatoms. The molecule has 146 valence electrons.